The lowest BCUT2D eigenvalue weighted by molar-refractivity contribution is 0.310. The van der Waals surface area contributed by atoms with Crippen molar-refractivity contribution in [2.45, 2.75) is 12.8 Å². The summed E-state index contributed by atoms with van der Waals surface area (Å²) in [7, 11) is 0. The maximum Gasteiger partial charge on any atom is 0.133 e. The zero-order chi connectivity index (χ0) is 10.4. The van der Waals surface area contributed by atoms with Crippen molar-refractivity contribution in [2.75, 3.05) is 6.61 Å². The third-order valence-electron chi connectivity index (χ3n) is 1.58. The molecule has 0 spiro atoms. The second-order valence-electron chi connectivity index (χ2n) is 2.68. The van der Waals surface area contributed by atoms with Gasteiger partial charge in [-0.15, -0.1) is 0 Å². The Morgan fingerprint density at radius 2 is 2.29 bits per heavy atom. The van der Waals surface area contributed by atoms with Crippen molar-refractivity contribution in [1.82, 2.24) is 0 Å². The van der Waals surface area contributed by atoms with Gasteiger partial charge in [0.25, 0.3) is 0 Å². The predicted molar refractivity (Wildman–Crippen MR) is 54.4 cm³/mol. The highest BCUT2D eigenvalue weighted by atomic mass is 79.9. The molecule has 0 saturated carbocycles. The number of unbranched alkanes of at least 4 members (excludes halogenated alkanes) is 1. The molecule has 1 aromatic carbocycles. The summed E-state index contributed by atoms with van der Waals surface area (Å²) >= 11 is 3.19. The van der Waals surface area contributed by atoms with Crippen LogP contribution in [0.1, 0.15) is 12.8 Å². The Kier molecular flexibility index (Phi) is 4.41. The third-order valence-corrected chi connectivity index (χ3v) is 2.20. The molecule has 2 nitrogen and oxygen atoms in total. The van der Waals surface area contributed by atoms with E-state index in [1.165, 1.54) is 12.1 Å². The van der Waals surface area contributed by atoms with Gasteiger partial charge in [0, 0.05) is 6.42 Å². The number of hydrogen-bond donors (Lipinski definition) is 0. The highest BCUT2D eigenvalue weighted by Crippen LogP contribution is 2.25. The monoisotopic (exact) mass is 257 g/mol. The molecule has 14 heavy (non-hydrogen) atoms. The molecule has 0 N–H and O–H groups in total. The van der Waals surface area contributed by atoms with E-state index in [1.54, 1.807) is 6.07 Å². The van der Waals surface area contributed by atoms with Crippen molar-refractivity contribution in [1.29, 1.82) is 5.26 Å². The molecule has 1 rings (SSSR count). The average Bonchev–Trinajstić information content (AvgIpc) is 2.15. The summed E-state index contributed by atoms with van der Waals surface area (Å²) in [6, 6.07) is 6.27. The van der Waals surface area contributed by atoms with Crippen molar-refractivity contribution >= 4 is 15.9 Å². The van der Waals surface area contributed by atoms with Crippen LogP contribution in [0.2, 0.25) is 0 Å². The molecule has 0 heterocycles. The molecule has 0 saturated heterocycles. The molecular formula is C10H9BrFNO. The topological polar surface area (TPSA) is 33.0 Å². The van der Waals surface area contributed by atoms with Gasteiger partial charge in [-0.3, -0.25) is 0 Å². The van der Waals surface area contributed by atoms with Crippen LogP contribution in [-0.4, -0.2) is 6.61 Å². The first kappa shape index (κ1) is 11.0. The first-order valence-electron chi connectivity index (χ1n) is 4.19. The van der Waals surface area contributed by atoms with Crippen molar-refractivity contribution in [3.8, 4) is 11.8 Å². The maximum absolute atomic E-state index is 12.7. The number of benzene rings is 1. The van der Waals surface area contributed by atoms with E-state index in [0.717, 1.165) is 0 Å². The van der Waals surface area contributed by atoms with Crippen LogP contribution in [0.4, 0.5) is 4.39 Å². The molecule has 0 aliphatic rings. The minimum Gasteiger partial charge on any atom is -0.492 e. The largest absolute Gasteiger partial charge is 0.492 e. The van der Waals surface area contributed by atoms with E-state index < -0.39 is 0 Å². The minimum atomic E-state index is -0.304. The van der Waals surface area contributed by atoms with E-state index in [9.17, 15) is 4.39 Å². The van der Waals surface area contributed by atoms with Crippen LogP contribution < -0.4 is 4.74 Å². The van der Waals surface area contributed by atoms with E-state index in [2.05, 4.69) is 15.9 Å². The summed E-state index contributed by atoms with van der Waals surface area (Å²) in [6.45, 7) is 0.470. The standard InChI is InChI=1S/C10H9BrFNO/c11-9-7-8(12)3-4-10(9)14-6-2-1-5-13/h3-4,7H,1-2,6H2. The van der Waals surface area contributed by atoms with Crippen LogP contribution in [-0.2, 0) is 0 Å². The second kappa shape index (κ2) is 5.61. The molecule has 0 amide bonds. The smallest absolute Gasteiger partial charge is 0.133 e. The Balaban J connectivity index is 2.47. The molecule has 74 valence electrons. The van der Waals surface area contributed by atoms with E-state index in [4.69, 9.17) is 10.00 Å². The van der Waals surface area contributed by atoms with Gasteiger partial charge in [-0.1, -0.05) is 0 Å². The molecule has 0 fully saturated rings. The van der Waals surface area contributed by atoms with Crippen LogP contribution in [0.5, 0.6) is 5.75 Å². The normalized spacial score (nSPS) is 9.50. The Labute approximate surface area is 90.4 Å². The van der Waals surface area contributed by atoms with Crippen molar-refractivity contribution in [3.05, 3.63) is 28.5 Å². The lowest BCUT2D eigenvalue weighted by Crippen LogP contribution is -1.97. The fraction of sp³-hybridized carbons (Fsp3) is 0.300. The molecule has 0 bridgehead atoms. The van der Waals surface area contributed by atoms with Gasteiger partial charge in [0.05, 0.1) is 17.1 Å². The van der Waals surface area contributed by atoms with Gasteiger partial charge < -0.3 is 4.74 Å². The summed E-state index contributed by atoms with van der Waals surface area (Å²) in [4.78, 5) is 0. The summed E-state index contributed by atoms with van der Waals surface area (Å²) in [6.07, 6.45) is 1.15. The number of hydrogen-bond acceptors (Lipinski definition) is 2. The molecule has 4 heteroatoms. The molecular weight excluding hydrogens is 249 g/mol. The molecule has 1 aromatic rings. The van der Waals surface area contributed by atoms with Crippen LogP contribution in [0, 0.1) is 17.1 Å². The van der Waals surface area contributed by atoms with Gasteiger partial charge >= 0.3 is 0 Å². The van der Waals surface area contributed by atoms with Gasteiger partial charge in [0.1, 0.15) is 11.6 Å². The maximum atomic E-state index is 12.7. The fourth-order valence-electron chi connectivity index (χ4n) is 0.926. The van der Waals surface area contributed by atoms with Crippen LogP contribution >= 0.6 is 15.9 Å². The first-order valence-corrected chi connectivity index (χ1v) is 4.98. The number of ether oxygens (including phenoxy) is 1. The third kappa shape index (κ3) is 3.35. The number of nitrogens with zero attached hydrogens (tertiary/aromatic N) is 1. The number of nitriles is 1. The lowest BCUT2D eigenvalue weighted by Gasteiger charge is -2.06. The summed E-state index contributed by atoms with van der Waals surface area (Å²) < 4.78 is 18.6. The van der Waals surface area contributed by atoms with Gasteiger partial charge in [-0.25, -0.2) is 4.39 Å². The minimum absolute atomic E-state index is 0.304. The molecule has 0 atom stereocenters. The van der Waals surface area contributed by atoms with E-state index in [0.29, 0.717) is 29.7 Å². The van der Waals surface area contributed by atoms with Crippen LogP contribution in [0.3, 0.4) is 0 Å². The van der Waals surface area contributed by atoms with Crippen molar-refractivity contribution in [2.24, 2.45) is 0 Å². The molecule has 0 unspecified atom stereocenters. The molecule has 0 aromatic heterocycles. The SMILES string of the molecule is N#CCCCOc1ccc(F)cc1Br. The summed E-state index contributed by atoms with van der Waals surface area (Å²) in [5, 5.41) is 8.29. The first-order chi connectivity index (χ1) is 6.74. The van der Waals surface area contributed by atoms with Crippen LogP contribution in [0.15, 0.2) is 22.7 Å². The van der Waals surface area contributed by atoms with Crippen molar-refractivity contribution in [3.63, 3.8) is 0 Å². The highest BCUT2D eigenvalue weighted by Gasteiger charge is 2.01. The Bertz CT molecular complexity index is 348. The summed E-state index contributed by atoms with van der Waals surface area (Å²) in [5.41, 5.74) is 0. The van der Waals surface area contributed by atoms with Gasteiger partial charge in [0.2, 0.25) is 0 Å². The van der Waals surface area contributed by atoms with Crippen LogP contribution in [0.25, 0.3) is 0 Å². The quantitative estimate of drug-likeness (QED) is 0.776. The van der Waals surface area contributed by atoms with E-state index >= 15 is 0 Å². The average molecular weight is 258 g/mol. The lowest BCUT2D eigenvalue weighted by atomic mass is 10.3. The predicted octanol–water partition coefficient (Wildman–Crippen LogP) is 3.27. The summed E-state index contributed by atoms with van der Waals surface area (Å²) in [5.74, 6) is 0.297. The zero-order valence-electron chi connectivity index (χ0n) is 7.46. The molecule has 0 aliphatic carbocycles. The zero-order valence-corrected chi connectivity index (χ0v) is 9.05. The number of rotatable bonds is 4. The Morgan fingerprint density at radius 1 is 1.50 bits per heavy atom. The Hall–Kier alpha value is -1.08. The van der Waals surface area contributed by atoms with Gasteiger partial charge in [-0.2, -0.15) is 5.26 Å². The van der Waals surface area contributed by atoms with Gasteiger partial charge in [0.15, 0.2) is 0 Å². The Morgan fingerprint density at radius 3 is 2.93 bits per heavy atom. The number of halogens is 2. The van der Waals surface area contributed by atoms with Crippen molar-refractivity contribution < 1.29 is 9.13 Å². The van der Waals surface area contributed by atoms with E-state index in [-0.39, 0.29) is 5.82 Å². The van der Waals surface area contributed by atoms with E-state index in [1.807, 2.05) is 6.07 Å². The second-order valence-corrected chi connectivity index (χ2v) is 3.54. The fourth-order valence-corrected chi connectivity index (χ4v) is 1.39. The molecule has 0 aliphatic heterocycles. The highest BCUT2D eigenvalue weighted by molar-refractivity contribution is 9.10. The molecule has 0 radical (unpaired) electrons. The van der Waals surface area contributed by atoms with Gasteiger partial charge in [-0.05, 0) is 40.5 Å².